The van der Waals surface area contributed by atoms with Crippen LogP contribution >= 0.6 is 0 Å². The van der Waals surface area contributed by atoms with Gasteiger partial charge in [0.2, 0.25) is 5.91 Å². The van der Waals surface area contributed by atoms with E-state index in [1.54, 1.807) is 6.08 Å². The summed E-state index contributed by atoms with van der Waals surface area (Å²) < 4.78 is 0. The highest BCUT2D eigenvalue weighted by Crippen LogP contribution is 2.15. The van der Waals surface area contributed by atoms with Gasteiger partial charge in [0.25, 0.3) is 0 Å². The molecule has 4 nitrogen and oxygen atoms in total. The van der Waals surface area contributed by atoms with Crippen molar-refractivity contribution in [1.29, 1.82) is 0 Å². The highest BCUT2D eigenvalue weighted by Gasteiger charge is 2.17. The van der Waals surface area contributed by atoms with Crippen molar-refractivity contribution in [2.75, 3.05) is 6.61 Å². The molecule has 0 aromatic carbocycles. The Hall–Kier alpha value is -1.13. The minimum absolute atomic E-state index is 0.127. The molecule has 0 aromatic heterocycles. The first-order valence-electron chi connectivity index (χ1n) is 18.1. The van der Waals surface area contributed by atoms with E-state index in [1.807, 2.05) is 13.0 Å². The molecule has 0 saturated carbocycles. The Kier molecular flexibility index (Phi) is 32.5. The van der Waals surface area contributed by atoms with Gasteiger partial charge in [0.1, 0.15) is 0 Å². The lowest BCUT2D eigenvalue weighted by molar-refractivity contribution is -0.122. The molecule has 0 aromatic rings. The number of unbranched alkanes of at least 4 members (excludes halogenated alkanes) is 23. The first kappa shape index (κ1) is 39.9. The van der Waals surface area contributed by atoms with Crippen molar-refractivity contribution in [3.05, 3.63) is 24.3 Å². The molecule has 0 aliphatic rings. The van der Waals surface area contributed by atoms with Crippen LogP contribution in [-0.2, 0) is 4.79 Å². The van der Waals surface area contributed by atoms with Crippen LogP contribution in [0, 0.1) is 0 Å². The molecule has 1 amide bonds. The predicted octanol–water partition coefficient (Wildman–Crippen LogP) is 10.5. The highest BCUT2D eigenvalue weighted by molar-refractivity contribution is 5.76. The van der Waals surface area contributed by atoms with Crippen LogP contribution in [-0.4, -0.2) is 34.9 Å². The molecule has 0 aliphatic carbocycles. The van der Waals surface area contributed by atoms with Crippen molar-refractivity contribution >= 4 is 5.91 Å². The molecule has 4 heteroatoms. The minimum atomic E-state index is -0.853. The van der Waals surface area contributed by atoms with Gasteiger partial charge in [-0.25, -0.2) is 0 Å². The van der Waals surface area contributed by atoms with E-state index in [4.69, 9.17) is 0 Å². The largest absolute Gasteiger partial charge is 0.394 e. The molecule has 0 bridgehead atoms. The third-order valence-corrected chi connectivity index (χ3v) is 8.16. The first-order valence-corrected chi connectivity index (χ1v) is 18.1. The number of hydrogen-bond acceptors (Lipinski definition) is 3. The van der Waals surface area contributed by atoms with Gasteiger partial charge in [-0.2, -0.15) is 0 Å². The lowest BCUT2D eigenvalue weighted by Gasteiger charge is -2.19. The van der Waals surface area contributed by atoms with Gasteiger partial charge in [-0.05, 0) is 32.1 Å². The molecule has 242 valence electrons. The number of carbonyl (C=O) groups excluding carboxylic acids is 1. The van der Waals surface area contributed by atoms with Crippen LogP contribution in [0.4, 0.5) is 0 Å². The van der Waals surface area contributed by atoms with Crippen LogP contribution in [0.25, 0.3) is 0 Å². The summed E-state index contributed by atoms with van der Waals surface area (Å²) in [4.78, 5) is 11.7. The van der Waals surface area contributed by atoms with Crippen LogP contribution in [0.5, 0.6) is 0 Å². The number of amides is 1. The fourth-order valence-electron chi connectivity index (χ4n) is 5.41. The summed E-state index contributed by atoms with van der Waals surface area (Å²) in [5.41, 5.74) is 0. The van der Waals surface area contributed by atoms with E-state index in [-0.39, 0.29) is 12.5 Å². The van der Waals surface area contributed by atoms with Gasteiger partial charge in [-0.15, -0.1) is 0 Å². The Morgan fingerprint density at radius 1 is 0.561 bits per heavy atom. The minimum Gasteiger partial charge on any atom is -0.394 e. The fourth-order valence-corrected chi connectivity index (χ4v) is 5.41. The molecule has 0 radical (unpaired) electrons. The molecule has 0 fully saturated rings. The summed E-state index contributed by atoms with van der Waals surface area (Å²) in [6.07, 6.45) is 42.7. The molecule has 2 unspecified atom stereocenters. The standard InChI is InChI=1S/C37H71NO3/c1-3-5-6-7-8-9-10-11-12-13-14-15-16-17-18-19-20-21-22-23-24-25-26-27-28-29-30-31-33-36(40)35(34-39)38-37(41)32-4-2/h27-28,31,33,35-36,39-40H,3-26,29-30,32,34H2,1-2H3,(H,38,41)/b28-27+,33-31+. The van der Waals surface area contributed by atoms with Gasteiger partial charge < -0.3 is 15.5 Å². The van der Waals surface area contributed by atoms with Gasteiger partial charge in [-0.1, -0.05) is 173 Å². The van der Waals surface area contributed by atoms with Crippen molar-refractivity contribution < 1.29 is 15.0 Å². The number of aliphatic hydroxyl groups excluding tert-OH is 2. The molecule has 3 N–H and O–H groups in total. The maximum atomic E-state index is 11.7. The summed E-state index contributed by atoms with van der Waals surface area (Å²) >= 11 is 0. The van der Waals surface area contributed by atoms with Crippen LogP contribution in [0.1, 0.15) is 187 Å². The lowest BCUT2D eigenvalue weighted by atomic mass is 10.0. The molecular weight excluding hydrogens is 506 g/mol. The van der Waals surface area contributed by atoms with Gasteiger partial charge in [0.05, 0.1) is 18.8 Å². The summed E-state index contributed by atoms with van der Waals surface area (Å²) in [5, 5.41) is 22.2. The zero-order valence-corrected chi connectivity index (χ0v) is 27.6. The Balaban J connectivity index is 3.35. The van der Waals surface area contributed by atoms with Crippen molar-refractivity contribution in [3.8, 4) is 0 Å². The fraction of sp³-hybridized carbons (Fsp3) is 0.865. The number of aliphatic hydroxyl groups is 2. The average molecular weight is 578 g/mol. The van der Waals surface area contributed by atoms with E-state index in [2.05, 4.69) is 24.4 Å². The Morgan fingerprint density at radius 2 is 0.951 bits per heavy atom. The summed E-state index contributed by atoms with van der Waals surface area (Å²) in [7, 11) is 0. The third-order valence-electron chi connectivity index (χ3n) is 8.16. The molecule has 0 aliphatic heterocycles. The van der Waals surface area contributed by atoms with Crippen LogP contribution < -0.4 is 5.32 Å². The van der Waals surface area contributed by atoms with Gasteiger partial charge >= 0.3 is 0 Å². The molecule has 41 heavy (non-hydrogen) atoms. The van der Waals surface area contributed by atoms with E-state index in [0.717, 1.165) is 25.7 Å². The van der Waals surface area contributed by atoms with Gasteiger partial charge in [-0.3, -0.25) is 4.79 Å². The first-order chi connectivity index (χ1) is 20.2. The molecular formula is C37H71NO3. The maximum Gasteiger partial charge on any atom is 0.220 e. The zero-order chi connectivity index (χ0) is 30.1. The quantitative estimate of drug-likeness (QED) is 0.0550. The number of nitrogens with one attached hydrogen (secondary N) is 1. The lowest BCUT2D eigenvalue weighted by Crippen LogP contribution is -2.45. The number of allylic oxidation sites excluding steroid dienone is 3. The second kappa shape index (κ2) is 33.4. The van der Waals surface area contributed by atoms with E-state index in [1.165, 1.54) is 141 Å². The average Bonchev–Trinajstić information content (AvgIpc) is 2.97. The number of carbonyl (C=O) groups is 1. The normalized spacial score (nSPS) is 13.4. The van der Waals surface area contributed by atoms with Crippen LogP contribution in [0.15, 0.2) is 24.3 Å². The van der Waals surface area contributed by atoms with Gasteiger partial charge in [0.15, 0.2) is 0 Å². The second-order valence-electron chi connectivity index (χ2n) is 12.3. The van der Waals surface area contributed by atoms with E-state index < -0.39 is 12.1 Å². The second-order valence-corrected chi connectivity index (χ2v) is 12.3. The summed E-state index contributed by atoms with van der Waals surface area (Å²) in [6, 6.07) is -0.630. The van der Waals surface area contributed by atoms with Crippen molar-refractivity contribution in [2.45, 2.75) is 199 Å². The van der Waals surface area contributed by atoms with Crippen LogP contribution in [0.3, 0.4) is 0 Å². The van der Waals surface area contributed by atoms with E-state index in [0.29, 0.717) is 6.42 Å². The smallest absolute Gasteiger partial charge is 0.220 e. The molecule has 2 atom stereocenters. The SMILES string of the molecule is CCCCCCCCCCCCCCCCCCCCCCCC/C=C/CC/C=C/C(O)C(CO)NC(=O)CCC. The van der Waals surface area contributed by atoms with Crippen molar-refractivity contribution in [1.82, 2.24) is 5.32 Å². The van der Waals surface area contributed by atoms with Crippen molar-refractivity contribution in [2.24, 2.45) is 0 Å². The Bertz CT molecular complexity index is 589. The van der Waals surface area contributed by atoms with Crippen molar-refractivity contribution in [3.63, 3.8) is 0 Å². The Labute approximate surface area is 256 Å². The molecule has 0 saturated heterocycles. The third kappa shape index (κ3) is 30.1. The predicted molar refractivity (Wildman–Crippen MR) is 179 cm³/mol. The zero-order valence-electron chi connectivity index (χ0n) is 27.6. The summed E-state index contributed by atoms with van der Waals surface area (Å²) in [5.74, 6) is -0.127. The highest BCUT2D eigenvalue weighted by atomic mass is 16.3. The van der Waals surface area contributed by atoms with Gasteiger partial charge in [0, 0.05) is 6.42 Å². The molecule has 0 rings (SSSR count). The number of hydrogen-bond donors (Lipinski definition) is 3. The van der Waals surface area contributed by atoms with Crippen LogP contribution in [0.2, 0.25) is 0 Å². The molecule has 0 spiro atoms. The number of rotatable bonds is 32. The summed E-state index contributed by atoms with van der Waals surface area (Å²) in [6.45, 7) is 3.96. The topological polar surface area (TPSA) is 69.6 Å². The van der Waals surface area contributed by atoms with E-state index >= 15 is 0 Å². The van der Waals surface area contributed by atoms with E-state index in [9.17, 15) is 15.0 Å². The maximum absolute atomic E-state index is 11.7. The molecule has 0 heterocycles. The monoisotopic (exact) mass is 578 g/mol. The Morgan fingerprint density at radius 3 is 1.37 bits per heavy atom.